The maximum absolute atomic E-state index is 13.8. The number of aliphatic carboxylic acids is 1. The summed E-state index contributed by atoms with van der Waals surface area (Å²) in [6, 6.07) is 0.0255. The zero-order valence-corrected chi connectivity index (χ0v) is 13.7. The molecule has 2 saturated heterocycles. The van der Waals surface area contributed by atoms with E-state index in [4.69, 9.17) is 5.11 Å². The molecule has 136 valence electrons. The molecular formula is C16H19F3N4O2. The van der Waals surface area contributed by atoms with Crippen LogP contribution in [0.1, 0.15) is 25.3 Å². The van der Waals surface area contributed by atoms with Crippen molar-refractivity contribution in [3.8, 4) is 0 Å². The Hall–Kier alpha value is -2.06. The average molecular weight is 356 g/mol. The second-order valence-corrected chi connectivity index (χ2v) is 7.25. The van der Waals surface area contributed by atoms with E-state index in [2.05, 4.69) is 10.2 Å². The molecule has 25 heavy (non-hydrogen) atoms. The van der Waals surface area contributed by atoms with Crippen LogP contribution in [0.3, 0.4) is 0 Å². The van der Waals surface area contributed by atoms with Gasteiger partial charge >= 0.3 is 12.1 Å². The molecule has 9 heteroatoms. The first-order chi connectivity index (χ1) is 11.8. The van der Waals surface area contributed by atoms with E-state index < -0.39 is 17.7 Å². The number of hydrogen-bond donors (Lipinski definition) is 1. The highest BCUT2D eigenvalue weighted by Gasteiger charge is 2.57. The van der Waals surface area contributed by atoms with Crippen molar-refractivity contribution in [2.75, 3.05) is 29.4 Å². The third kappa shape index (κ3) is 2.69. The summed E-state index contributed by atoms with van der Waals surface area (Å²) in [7, 11) is 0. The summed E-state index contributed by atoms with van der Waals surface area (Å²) in [4.78, 5) is 14.2. The number of piperidine rings is 1. The summed E-state index contributed by atoms with van der Waals surface area (Å²) in [5.41, 5.74) is -0.650. The van der Waals surface area contributed by atoms with Crippen LogP contribution in [0.15, 0.2) is 6.20 Å². The fourth-order valence-electron chi connectivity index (χ4n) is 4.26. The zero-order chi connectivity index (χ0) is 17.9. The lowest BCUT2D eigenvalue weighted by Gasteiger charge is -2.41. The van der Waals surface area contributed by atoms with Gasteiger partial charge in [0.2, 0.25) is 0 Å². The Labute approximate surface area is 142 Å². The predicted molar refractivity (Wildman–Crippen MR) is 83.4 cm³/mol. The number of aromatic nitrogens is 2. The van der Waals surface area contributed by atoms with E-state index in [1.807, 2.05) is 6.92 Å². The number of rotatable bonds is 4. The minimum atomic E-state index is -4.51. The predicted octanol–water partition coefficient (Wildman–Crippen LogP) is 2.25. The van der Waals surface area contributed by atoms with Crippen molar-refractivity contribution in [2.24, 2.45) is 17.8 Å². The van der Waals surface area contributed by atoms with E-state index in [1.165, 1.54) is 6.20 Å². The number of nitrogens with zero attached hydrogens (tertiary/aromatic N) is 4. The van der Waals surface area contributed by atoms with E-state index in [0.717, 1.165) is 6.42 Å². The van der Waals surface area contributed by atoms with Crippen molar-refractivity contribution < 1.29 is 23.1 Å². The summed E-state index contributed by atoms with van der Waals surface area (Å²) in [6.07, 6.45) is -2.38. The van der Waals surface area contributed by atoms with Crippen molar-refractivity contribution in [2.45, 2.75) is 32.0 Å². The maximum atomic E-state index is 13.8. The van der Waals surface area contributed by atoms with Gasteiger partial charge in [-0.05, 0) is 31.1 Å². The monoisotopic (exact) mass is 356 g/mol. The molecule has 0 bridgehead atoms. The molecule has 4 rings (SSSR count). The molecule has 1 aromatic rings. The molecule has 6 nitrogen and oxygen atoms in total. The third-order valence-corrected chi connectivity index (χ3v) is 5.81. The van der Waals surface area contributed by atoms with E-state index in [9.17, 15) is 18.0 Å². The van der Waals surface area contributed by atoms with Gasteiger partial charge in [-0.25, -0.2) is 0 Å². The molecule has 3 heterocycles. The molecular weight excluding hydrogens is 337 g/mol. The van der Waals surface area contributed by atoms with Crippen LogP contribution in [-0.4, -0.2) is 46.9 Å². The van der Waals surface area contributed by atoms with Crippen LogP contribution < -0.4 is 9.80 Å². The summed E-state index contributed by atoms with van der Waals surface area (Å²) in [6.45, 7) is 3.33. The lowest BCUT2D eigenvalue weighted by Crippen LogP contribution is -2.47. The van der Waals surface area contributed by atoms with Gasteiger partial charge in [-0.1, -0.05) is 0 Å². The number of carboxylic acid groups (broad SMARTS) is 1. The van der Waals surface area contributed by atoms with Crippen molar-refractivity contribution in [1.29, 1.82) is 0 Å². The third-order valence-electron chi connectivity index (χ3n) is 5.81. The number of alkyl halides is 3. The van der Waals surface area contributed by atoms with Gasteiger partial charge < -0.3 is 14.9 Å². The minimum absolute atomic E-state index is 0.0255. The number of fused-ring (bicyclic) bond motifs is 1. The fourth-order valence-corrected chi connectivity index (χ4v) is 4.26. The van der Waals surface area contributed by atoms with Gasteiger partial charge in [-0.3, -0.25) is 4.79 Å². The van der Waals surface area contributed by atoms with Crippen molar-refractivity contribution >= 4 is 17.5 Å². The van der Waals surface area contributed by atoms with Gasteiger partial charge in [-0.15, -0.1) is 5.10 Å². The first-order valence-electron chi connectivity index (χ1n) is 8.43. The number of hydrogen-bond acceptors (Lipinski definition) is 5. The van der Waals surface area contributed by atoms with Crippen molar-refractivity contribution in [1.82, 2.24) is 10.2 Å². The second kappa shape index (κ2) is 5.47. The highest BCUT2D eigenvalue weighted by atomic mass is 19.4. The van der Waals surface area contributed by atoms with Gasteiger partial charge in [-0.2, -0.15) is 18.3 Å². The van der Waals surface area contributed by atoms with E-state index >= 15 is 0 Å². The SMILES string of the molecule is C[C@H]1CCN1c1nncc(N2C[C@@H]3C(CC(=O)O)[C@@H]3C2)c1C(F)(F)F. The fraction of sp³-hybridized carbons (Fsp3) is 0.688. The van der Waals surface area contributed by atoms with Crippen LogP contribution in [0.4, 0.5) is 24.7 Å². The topological polar surface area (TPSA) is 69.6 Å². The molecule has 1 N–H and O–H groups in total. The first kappa shape index (κ1) is 16.4. The largest absolute Gasteiger partial charge is 0.481 e. The molecule has 0 aromatic carbocycles. The van der Waals surface area contributed by atoms with E-state index in [1.54, 1.807) is 9.80 Å². The molecule has 1 unspecified atom stereocenters. The highest BCUT2D eigenvalue weighted by molar-refractivity contribution is 5.69. The number of anilines is 2. The standard InChI is InChI=1S/C16H19F3N4O2/c1-8-2-3-23(8)15-14(16(17,18)19)12(5-20-21-15)22-6-10-9(4-13(24)25)11(10)7-22/h5,8-11H,2-4,6-7H2,1H3,(H,24,25)/t8-,9?,10-,11+/m0/s1. The molecule has 0 spiro atoms. The van der Waals surface area contributed by atoms with E-state index in [0.29, 0.717) is 19.6 Å². The van der Waals surface area contributed by atoms with Gasteiger partial charge in [0.05, 0.1) is 11.9 Å². The minimum Gasteiger partial charge on any atom is -0.481 e. The van der Waals surface area contributed by atoms with Crippen LogP contribution in [0, 0.1) is 17.8 Å². The average Bonchev–Trinajstić information content (AvgIpc) is 2.94. The Balaban J connectivity index is 1.61. The molecule has 3 fully saturated rings. The Morgan fingerprint density at radius 1 is 1.36 bits per heavy atom. The molecule has 1 aliphatic carbocycles. The molecule has 1 saturated carbocycles. The van der Waals surface area contributed by atoms with Gasteiger partial charge in [0, 0.05) is 32.1 Å². The van der Waals surface area contributed by atoms with Gasteiger partial charge in [0.15, 0.2) is 5.82 Å². The lowest BCUT2D eigenvalue weighted by atomic mass is 10.0. The zero-order valence-electron chi connectivity index (χ0n) is 13.7. The Morgan fingerprint density at radius 3 is 2.52 bits per heavy atom. The van der Waals surface area contributed by atoms with Crippen LogP contribution in [0.2, 0.25) is 0 Å². The Morgan fingerprint density at radius 2 is 2.04 bits per heavy atom. The smallest absolute Gasteiger partial charge is 0.422 e. The quantitative estimate of drug-likeness (QED) is 0.892. The van der Waals surface area contributed by atoms with Crippen LogP contribution in [-0.2, 0) is 11.0 Å². The van der Waals surface area contributed by atoms with Crippen LogP contribution in [0.5, 0.6) is 0 Å². The molecule has 1 aromatic heterocycles. The summed E-state index contributed by atoms with van der Waals surface area (Å²) < 4.78 is 41.3. The van der Waals surface area contributed by atoms with E-state index in [-0.39, 0.29) is 41.7 Å². The molecule has 0 radical (unpaired) electrons. The van der Waals surface area contributed by atoms with Crippen LogP contribution in [0.25, 0.3) is 0 Å². The molecule has 3 aliphatic rings. The molecule has 0 amide bonds. The van der Waals surface area contributed by atoms with Crippen molar-refractivity contribution in [3.63, 3.8) is 0 Å². The number of halogens is 3. The van der Waals surface area contributed by atoms with Gasteiger partial charge in [0.25, 0.3) is 0 Å². The summed E-state index contributed by atoms with van der Waals surface area (Å²) >= 11 is 0. The second-order valence-electron chi connectivity index (χ2n) is 7.25. The normalized spacial score (nSPS) is 30.9. The lowest BCUT2D eigenvalue weighted by molar-refractivity contribution is -0.138. The number of carboxylic acids is 1. The van der Waals surface area contributed by atoms with Crippen molar-refractivity contribution in [3.05, 3.63) is 11.8 Å². The first-order valence-corrected chi connectivity index (χ1v) is 8.43. The van der Waals surface area contributed by atoms with Gasteiger partial charge in [0.1, 0.15) is 5.56 Å². The number of carbonyl (C=O) groups is 1. The Kier molecular flexibility index (Phi) is 3.59. The summed E-state index contributed by atoms with van der Waals surface area (Å²) in [5, 5.41) is 16.5. The Bertz CT molecular complexity index is 699. The maximum Gasteiger partial charge on any atom is 0.422 e. The molecule has 4 atom stereocenters. The molecule has 2 aliphatic heterocycles. The summed E-state index contributed by atoms with van der Waals surface area (Å²) in [5.74, 6) is -0.519. The van der Waals surface area contributed by atoms with Crippen LogP contribution >= 0.6 is 0 Å². The highest BCUT2D eigenvalue weighted by Crippen LogP contribution is 2.55.